The molecule has 0 bridgehead atoms. The predicted molar refractivity (Wildman–Crippen MR) is 110 cm³/mol. The summed E-state index contributed by atoms with van der Waals surface area (Å²) >= 11 is 1.11. The summed E-state index contributed by atoms with van der Waals surface area (Å²) < 4.78 is 1.48. The van der Waals surface area contributed by atoms with Gasteiger partial charge in [0.05, 0.1) is 21.5 Å². The third kappa shape index (κ3) is 3.53. The van der Waals surface area contributed by atoms with Crippen molar-refractivity contribution < 1.29 is 9.72 Å². The van der Waals surface area contributed by atoms with Crippen LogP contribution in [0.4, 0.5) is 5.69 Å². The maximum Gasteiger partial charge on any atom is 0.270 e. The van der Waals surface area contributed by atoms with Crippen molar-refractivity contribution in [2.75, 3.05) is 0 Å². The maximum atomic E-state index is 13.2. The summed E-state index contributed by atoms with van der Waals surface area (Å²) in [6.45, 7) is 0. The number of nitro benzene ring substituents is 1. The highest BCUT2D eigenvalue weighted by molar-refractivity contribution is 7.99. The van der Waals surface area contributed by atoms with Gasteiger partial charge in [-0.3, -0.25) is 24.3 Å². The Bertz CT molecular complexity index is 1300. The Kier molecular flexibility index (Phi) is 4.92. The second-order valence-electron chi connectivity index (χ2n) is 6.09. The summed E-state index contributed by atoms with van der Waals surface area (Å²) in [6, 6.07) is 20.1. The van der Waals surface area contributed by atoms with Crippen LogP contribution in [0, 0.1) is 10.1 Å². The van der Waals surface area contributed by atoms with Crippen LogP contribution >= 0.6 is 11.8 Å². The highest BCUT2D eigenvalue weighted by Gasteiger charge is 2.17. The lowest BCUT2D eigenvalue weighted by atomic mass is 10.2. The average molecular weight is 403 g/mol. The monoisotopic (exact) mass is 403 g/mol. The minimum Gasteiger partial charge on any atom is -0.298 e. The van der Waals surface area contributed by atoms with Gasteiger partial charge in [0.25, 0.3) is 11.2 Å². The Morgan fingerprint density at radius 2 is 1.72 bits per heavy atom. The minimum atomic E-state index is -0.560. The zero-order valence-electron chi connectivity index (χ0n) is 14.9. The number of carbonyl (C=O) groups is 1. The molecule has 0 aliphatic carbocycles. The summed E-state index contributed by atoms with van der Waals surface area (Å²) in [5, 5.41) is 11.8. The van der Waals surface area contributed by atoms with Crippen LogP contribution in [0.3, 0.4) is 0 Å². The Hall–Kier alpha value is -3.78. The molecule has 0 N–H and O–H groups in total. The molecule has 142 valence electrons. The lowest BCUT2D eigenvalue weighted by molar-refractivity contribution is -0.384. The molecule has 29 heavy (non-hydrogen) atoms. The molecule has 4 rings (SSSR count). The van der Waals surface area contributed by atoms with Crippen molar-refractivity contribution in [2.45, 2.75) is 10.1 Å². The molecular formula is C21H13N3O4S. The topological polar surface area (TPSA) is 95.1 Å². The lowest BCUT2D eigenvalue weighted by Crippen LogP contribution is -2.21. The Labute approximate surface area is 168 Å². The van der Waals surface area contributed by atoms with E-state index in [1.54, 1.807) is 36.4 Å². The second kappa shape index (κ2) is 7.69. The fourth-order valence-electron chi connectivity index (χ4n) is 2.92. The fourth-order valence-corrected chi connectivity index (χ4v) is 3.90. The van der Waals surface area contributed by atoms with Crippen molar-refractivity contribution in [3.05, 3.63) is 98.8 Å². The number of carbonyl (C=O) groups excluding carboxylic acids is 1. The van der Waals surface area contributed by atoms with E-state index in [4.69, 9.17) is 0 Å². The molecule has 7 nitrogen and oxygen atoms in total. The number of fused-ring (bicyclic) bond motifs is 1. The summed E-state index contributed by atoms with van der Waals surface area (Å²) in [5.41, 5.74) is 0.906. The number of para-hydroxylation sites is 2. The molecule has 0 amide bonds. The first kappa shape index (κ1) is 18.6. The first-order valence-electron chi connectivity index (χ1n) is 8.57. The molecule has 8 heteroatoms. The van der Waals surface area contributed by atoms with Crippen molar-refractivity contribution in [2.24, 2.45) is 0 Å². The van der Waals surface area contributed by atoms with Crippen molar-refractivity contribution >= 4 is 34.6 Å². The van der Waals surface area contributed by atoms with Crippen LogP contribution in [0.1, 0.15) is 10.4 Å². The number of hydrogen-bond acceptors (Lipinski definition) is 6. The van der Waals surface area contributed by atoms with Gasteiger partial charge in [-0.15, -0.1) is 0 Å². The molecule has 0 saturated carbocycles. The van der Waals surface area contributed by atoms with Crippen LogP contribution in [0.2, 0.25) is 0 Å². The van der Waals surface area contributed by atoms with E-state index in [-0.39, 0.29) is 16.8 Å². The summed E-state index contributed by atoms with van der Waals surface area (Å²) in [7, 11) is 0. The fraction of sp³-hybridized carbons (Fsp3) is 0. The molecular weight excluding hydrogens is 390 g/mol. The van der Waals surface area contributed by atoms with Crippen LogP contribution in [0.15, 0.2) is 87.6 Å². The highest BCUT2D eigenvalue weighted by atomic mass is 32.2. The van der Waals surface area contributed by atoms with E-state index < -0.39 is 4.92 Å². The molecule has 0 fully saturated rings. The van der Waals surface area contributed by atoms with Gasteiger partial charge in [0.1, 0.15) is 0 Å². The van der Waals surface area contributed by atoms with Gasteiger partial charge < -0.3 is 0 Å². The Balaban J connectivity index is 1.93. The first-order valence-corrected chi connectivity index (χ1v) is 9.39. The van der Waals surface area contributed by atoms with Gasteiger partial charge in [-0.2, -0.15) is 0 Å². The number of aldehydes is 1. The molecule has 3 aromatic carbocycles. The van der Waals surface area contributed by atoms with Crippen LogP contribution in [-0.4, -0.2) is 20.8 Å². The lowest BCUT2D eigenvalue weighted by Gasteiger charge is -2.13. The second-order valence-corrected chi connectivity index (χ2v) is 7.10. The molecule has 4 aromatic rings. The number of non-ortho nitro benzene ring substituents is 1. The van der Waals surface area contributed by atoms with E-state index in [2.05, 4.69) is 4.98 Å². The molecule has 1 aromatic heterocycles. The molecule has 0 atom stereocenters. The number of benzene rings is 3. The molecule has 0 unspecified atom stereocenters. The van der Waals surface area contributed by atoms with E-state index in [0.717, 1.165) is 11.8 Å². The number of nitrogens with zero attached hydrogens (tertiary/aromatic N) is 3. The predicted octanol–water partition coefficient (Wildman–Crippen LogP) is 4.26. The number of rotatable bonds is 5. The van der Waals surface area contributed by atoms with Crippen LogP contribution in [0.5, 0.6) is 0 Å². The molecule has 1 heterocycles. The molecule has 0 aliphatic heterocycles. The van der Waals surface area contributed by atoms with Gasteiger partial charge in [-0.05, 0) is 30.3 Å². The quantitative estimate of drug-likeness (QED) is 0.214. The third-order valence-electron chi connectivity index (χ3n) is 4.29. The van der Waals surface area contributed by atoms with Crippen molar-refractivity contribution in [1.82, 2.24) is 9.55 Å². The van der Waals surface area contributed by atoms with E-state index in [0.29, 0.717) is 32.9 Å². The van der Waals surface area contributed by atoms with Gasteiger partial charge in [0.2, 0.25) is 0 Å². The SMILES string of the molecule is O=Cc1cc([N+](=O)[O-])ccc1Sc1nc2ccccc2c(=O)n1-c1ccccc1. The number of aromatic nitrogens is 2. The normalized spacial score (nSPS) is 10.8. The largest absolute Gasteiger partial charge is 0.298 e. The average Bonchev–Trinajstić information content (AvgIpc) is 2.74. The highest BCUT2D eigenvalue weighted by Crippen LogP contribution is 2.32. The molecule has 0 spiro atoms. The minimum absolute atomic E-state index is 0.159. The van der Waals surface area contributed by atoms with Gasteiger partial charge >= 0.3 is 0 Å². The van der Waals surface area contributed by atoms with Crippen LogP contribution < -0.4 is 5.56 Å². The Morgan fingerprint density at radius 1 is 1.00 bits per heavy atom. The zero-order valence-corrected chi connectivity index (χ0v) is 15.7. The van der Waals surface area contributed by atoms with Crippen molar-refractivity contribution in [1.29, 1.82) is 0 Å². The smallest absolute Gasteiger partial charge is 0.270 e. The van der Waals surface area contributed by atoms with Crippen LogP contribution in [0.25, 0.3) is 16.6 Å². The van der Waals surface area contributed by atoms with Gasteiger partial charge in [0.15, 0.2) is 11.4 Å². The zero-order chi connectivity index (χ0) is 20.4. The summed E-state index contributed by atoms with van der Waals surface area (Å²) in [4.78, 5) is 40.2. The maximum absolute atomic E-state index is 13.2. The molecule has 0 radical (unpaired) electrons. The third-order valence-corrected chi connectivity index (χ3v) is 5.34. The first-order chi connectivity index (χ1) is 14.1. The summed E-state index contributed by atoms with van der Waals surface area (Å²) in [5.74, 6) is 0. The van der Waals surface area contributed by atoms with Crippen LogP contribution in [-0.2, 0) is 0 Å². The Morgan fingerprint density at radius 3 is 2.45 bits per heavy atom. The standard InChI is InChI=1S/C21H13N3O4S/c25-13-14-12-16(24(27)28)10-11-19(14)29-21-22-18-9-5-4-8-17(18)20(26)23(21)15-6-2-1-3-7-15/h1-13H. The van der Waals surface area contributed by atoms with Gasteiger partial charge in [-0.25, -0.2) is 4.98 Å². The van der Waals surface area contributed by atoms with E-state index >= 15 is 0 Å². The van der Waals surface area contributed by atoms with Crippen molar-refractivity contribution in [3.8, 4) is 5.69 Å². The molecule has 0 aliphatic rings. The van der Waals surface area contributed by atoms with Gasteiger partial charge in [0, 0.05) is 22.6 Å². The van der Waals surface area contributed by atoms with E-state index in [1.165, 1.54) is 22.8 Å². The number of nitro groups is 1. The van der Waals surface area contributed by atoms with E-state index in [1.807, 2.05) is 18.2 Å². The summed E-state index contributed by atoms with van der Waals surface area (Å²) in [6.07, 6.45) is 0.557. The van der Waals surface area contributed by atoms with Gasteiger partial charge in [-0.1, -0.05) is 42.1 Å². The van der Waals surface area contributed by atoms with E-state index in [9.17, 15) is 19.7 Å². The number of hydrogen-bond donors (Lipinski definition) is 0. The van der Waals surface area contributed by atoms with Crippen molar-refractivity contribution in [3.63, 3.8) is 0 Å². The molecule has 0 saturated heterocycles.